The fraction of sp³-hybridized carbons (Fsp3) is 0.500. The molecule has 0 spiro atoms. The molecule has 1 amide bonds. The molecule has 0 aliphatic rings. The number of amides is 1. The first-order valence-corrected chi connectivity index (χ1v) is 6.70. The molecule has 17 heavy (non-hydrogen) atoms. The van der Waals surface area contributed by atoms with Gasteiger partial charge in [0.1, 0.15) is 0 Å². The number of carbonyl (C=O) groups excluding carboxylic acids is 1. The van der Waals surface area contributed by atoms with Gasteiger partial charge in [-0.3, -0.25) is 0 Å². The van der Waals surface area contributed by atoms with Crippen LogP contribution in [0.25, 0.3) is 0 Å². The number of nitrogens with zero attached hydrogens (tertiary/aromatic N) is 1. The van der Waals surface area contributed by atoms with E-state index in [9.17, 15) is 4.79 Å². The summed E-state index contributed by atoms with van der Waals surface area (Å²) in [7, 11) is 0. The zero-order chi connectivity index (χ0) is 13.5. The van der Waals surface area contributed by atoms with Crippen molar-refractivity contribution in [2.45, 2.75) is 13.8 Å². The predicted octanol–water partition coefficient (Wildman–Crippen LogP) is 0.152. The second kappa shape index (κ2) is 15.3. The van der Waals surface area contributed by atoms with Crippen molar-refractivity contribution in [2.75, 3.05) is 26.2 Å². The summed E-state index contributed by atoms with van der Waals surface area (Å²) in [5.41, 5.74) is 5.82. The van der Waals surface area contributed by atoms with Crippen LogP contribution in [0.5, 0.6) is 0 Å². The van der Waals surface area contributed by atoms with E-state index in [1.54, 1.807) is 16.9 Å². The first kappa shape index (κ1) is 18.6. The van der Waals surface area contributed by atoms with Crippen LogP contribution in [-0.4, -0.2) is 41.9 Å². The molecule has 0 saturated carbocycles. The number of hydrogen-bond acceptors (Lipinski definition) is 3. The minimum atomic E-state index is 0.593. The van der Waals surface area contributed by atoms with Gasteiger partial charge in [0.25, 0.3) is 0 Å². The van der Waals surface area contributed by atoms with E-state index in [4.69, 9.17) is 12.3 Å². The Balaban J connectivity index is 0. The molecule has 0 saturated heterocycles. The number of allylic oxidation sites excluding steroid dienone is 2. The summed E-state index contributed by atoms with van der Waals surface area (Å²) in [6.07, 6.45) is 4.73. The van der Waals surface area contributed by atoms with Gasteiger partial charge in [-0.25, -0.2) is 0 Å². The molecule has 5 heteroatoms. The Bertz CT molecular complexity index is 238. The van der Waals surface area contributed by atoms with Gasteiger partial charge in [-0.05, 0) is 19.6 Å². The molecule has 0 atom stereocenters. The van der Waals surface area contributed by atoms with E-state index < -0.39 is 0 Å². The first-order valence-electron chi connectivity index (χ1n) is 5.39. The van der Waals surface area contributed by atoms with Gasteiger partial charge < -0.3 is 15.0 Å². The number of rotatable bonds is 8. The Hall–Kier alpha value is -0.732. The van der Waals surface area contributed by atoms with Crippen LogP contribution >= 0.6 is 0 Å². The van der Waals surface area contributed by atoms with E-state index in [0.29, 0.717) is 12.2 Å². The molecule has 0 radical (unpaired) electrons. The van der Waals surface area contributed by atoms with Gasteiger partial charge in [-0.2, -0.15) is 6.41 Å². The molecule has 102 valence electrons. The van der Waals surface area contributed by atoms with Gasteiger partial charge in [0.05, 0.1) is 0 Å². The van der Waals surface area contributed by atoms with Crippen molar-refractivity contribution in [3.63, 3.8) is 0 Å². The van der Waals surface area contributed by atoms with Crippen LogP contribution in [0.2, 0.25) is 0 Å². The van der Waals surface area contributed by atoms with Gasteiger partial charge in [-0.15, -0.1) is 0 Å². The van der Waals surface area contributed by atoms with Crippen molar-refractivity contribution >= 4 is 10.8 Å². The van der Waals surface area contributed by atoms with E-state index in [1.165, 1.54) is 6.08 Å². The number of hydrogen-bond donors (Lipinski definition) is 2. The summed E-state index contributed by atoms with van der Waals surface area (Å²) < 4.78 is 1.80. The quantitative estimate of drug-likeness (QED) is 0.256. The van der Waals surface area contributed by atoms with E-state index in [1.807, 2.05) is 0 Å². The molecule has 0 bridgehead atoms. The average molecular weight is 418 g/mol. The summed E-state index contributed by atoms with van der Waals surface area (Å²) in [5, 5.41) is 2.50. The summed E-state index contributed by atoms with van der Waals surface area (Å²) in [5.74, 6) is 0. The molecule has 4 nitrogen and oxygen atoms in total. The second-order valence-electron chi connectivity index (χ2n) is 2.99. The van der Waals surface area contributed by atoms with Crippen molar-refractivity contribution in [1.29, 1.82) is 0 Å². The fourth-order valence-corrected chi connectivity index (χ4v) is 1.36. The molecule has 0 aliphatic heterocycles. The van der Waals surface area contributed by atoms with Gasteiger partial charge in [0, 0.05) is 6.54 Å². The summed E-state index contributed by atoms with van der Waals surface area (Å²) >= 11 is 2.06. The Morgan fingerprint density at radius 2 is 2.12 bits per heavy atom. The molecule has 0 aliphatic carbocycles. The van der Waals surface area contributed by atoms with Crippen LogP contribution in [0.1, 0.15) is 13.8 Å². The number of nitrogens with two attached hydrogens (primary N) is 1. The van der Waals surface area contributed by atoms with Crippen LogP contribution in [0.4, 0.5) is 0 Å². The molecule has 0 aromatic heterocycles. The van der Waals surface area contributed by atoms with Crippen molar-refractivity contribution in [1.82, 2.24) is 10.2 Å². The van der Waals surface area contributed by atoms with Crippen molar-refractivity contribution < 1.29 is 24.1 Å². The van der Waals surface area contributed by atoms with E-state index in [2.05, 4.69) is 43.4 Å². The van der Waals surface area contributed by atoms with Crippen molar-refractivity contribution in [3.05, 3.63) is 24.4 Å². The van der Waals surface area contributed by atoms with Crippen LogP contribution in [0, 0.1) is 6.58 Å². The number of likely N-dealkylation sites (N-methyl/N-ethyl adjacent to an activating group) is 1. The molecular weight excluding hydrogens is 397 g/mol. The molecule has 0 rings (SSSR count). The zero-order valence-electron chi connectivity index (χ0n) is 10.4. The summed E-state index contributed by atoms with van der Waals surface area (Å²) in [6, 6.07) is 0. The Morgan fingerprint density at radius 1 is 1.53 bits per heavy atom. The van der Waals surface area contributed by atoms with E-state index in [-0.39, 0.29) is 0 Å². The Morgan fingerprint density at radius 3 is 2.41 bits per heavy atom. The monoisotopic (exact) mass is 418 g/mol. The maximum atomic E-state index is 9.71. The normalized spacial score (nSPS) is 10.3. The molecule has 0 unspecified atom stereocenters. The van der Waals surface area contributed by atoms with Gasteiger partial charge >= 0.3 is 53.9 Å². The SMILES string of the molecule is CCN(CC)CCN[C-]=O.[CH-]=C/C(N)=C\[CH]=[Pt]. The third-order valence-corrected chi connectivity index (χ3v) is 2.34. The molecular formula is C12H21N3OPt-2. The maximum absolute atomic E-state index is 9.71. The van der Waals surface area contributed by atoms with E-state index >= 15 is 0 Å². The molecule has 0 heterocycles. The fourth-order valence-electron chi connectivity index (χ4n) is 0.921. The van der Waals surface area contributed by atoms with Gasteiger partial charge in [-0.1, -0.05) is 13.8 Å². The topological polar surface area (TPSA) is 58.4 Å². The summed E-state index contributed by atoms with van der Waals surface area (Å²) in [6.45, 7) is 12.9. The Labute approximate surface area is 115 Å². The first-order chi connectivity index (χ1) is 8.15. The Kier molecular flexibility index (Phi) is 16.7. The third kappa shape index (κ3) is 15.3. The molecule has 0 aromatic rings. The third-order valence-electron chi connectivity index (χ3n) is 1.96. The van der Waals surface area contributed by atoms with Crippen LogP contribution in [-0.2, 0) is 24.1 Å². The molecule has 3 N–H and O–H groups in total. The second-order valence-corrected chi connectivity index (χ2v) is 3.75. The van der Waals surface area contributed by atoms with Gasteiger partial charge in [0.15, 0.2) is 0 Å². The molecule has 0 fully saturated rings. The minimum absolute atomic E-state index is 0.593. The molecule has 0 aromatic carbocycles. The van der Waals surface area contributed by atoms with E-state index in [0.717, 1.165) is 19.6 Å². The van der Waals surface area contributed by atoms with Crippen LogP contribution in [0.3, 0.4) is 0 Å². The van der Waals surface area contributed by atoms with Crippen LogP contribution < -0.4 is 11.1 Å². The average Bonchev–Trinajstić information content (AvgIpc) is 2.36. The van der Waals surface area contributed by atoms with Crippen molar-refractivity contribution in [3.8, 4) is 0 Å². The number of nitrogens with one attached hydrogen (secondary N) is 1. The van der Waals surface area contributed by atoms with Crippen LogP contribution in [0.15, 0.2) is 17.8 Å². The predicted molar refractivity (Wildman–Crippen MR) is 68.7 cm³/mol. The van der Waals surface area contributed by atoms with Gasteiger partial charge in [0.2, 0.25) is 0 Å². The standard InChI is InChI=1S/C7H15N2O.C5H6N.Pt/c1-3-9(4-2)6-5-8-7-10;1-3-5(6)4-2;/h3-6H2,1-2H3,(H,8,10);1-4H,6H2;/q2*-1;/b;5-3+;. The summed E-state index contributed by atoms with van der Waals surface area (Å²) in [4.78, 5) is 11.9. The van der Waals surface area contributed by atoms with Crippen molar-refractivity contribution in [2.24, 2.45) is 5.73 Å². The zero-order valence-corrected chi connectivity index (χ0v) is 12.7.